The van der Waals surface area contributed by atoms with E-state index < -0.39 is 53.4 Å². The molecule has 175 valence electrons. The van der Waals surface area contributed by atoms with Gasteiger partial charge in [-0.2, -0.15) is 9.58 Å². The van der Waals surface area contributed by atoms with Gasteiger partial charge in [0.25, 0.3) is 0 Å². The Balaban J connectivity index is 0. The van der Waals surface area contributed by atoms with E-state index >= 15 is 0 Å². The van der Waals surface area contributed by atoms with Gasteiger partial charge >= 0.3 is 24.4 Å². The maximum Gasteiger partial charge on any atom is 0.326 e. The SMILES string of the molecule is [N-]=[N+]=CC(=O)CC[C@H](NC(=O)[C@H](CCC(=O)C=[N+]=[N-])NC(=O)CC[C@H](N)C(=O)O)C(=O)O.[Na]. The number of nitrogens with one attached hydrogen (secondary N) is 2. The number of nitrogens with two attached hydrogens (primary N) is 1. The fraction of sp³-hybridized carbons (Fsp3) is 0.529. The van der Waals surface area contributed by atoms with Crippen molar-refractivity contribution in [1.29, 1.82) is 0 Å². The number of Topliss-reactive ketones (excluding diaryl/α,β-unsaturated/α-hetero) is 2. The average molecular weight is 476 g/mol. The first-order valence-electron chi connectivity index (χ1n) is 9.23. The van der Waals surface area contributed by atoms with E-state index in [1.54, 1.807) is 0 Å². The molecule has 33 heavy (non-hydrogen) atoms. The summed E-state index contributed by atoms with van der Waals surface area (Å²) in [5.41, 5.74) is 22.0. The Morgan fingerprint density at radius 3 is 1.70 bits per heavy atom. The van der Waals surface area contributed by atoms with Crippen LogP contribution < -0.4 is 16.4 Å². The van der Waals surface area contributed by atoms with E-state index in [-0.39, 0.29) is 68.1 Å². The summed E-state index contributed by atoms with van der Waals surface area (Å²) < 4.78 is 0. The molecule has 1 radical (unpaired) electrons. The van der Waals surface area contributed by atoms with Crippen molar-refractivity contribution in [2.75, 3.05) is 0 Å². The van der Waals surface area contributed by atoms with Gasteiger partial charge in [0.2, 0.25) is 23.4 Å². The number of carbonyl (C=O) groups is 6. The van der Waals surface area contributed by atoms with E-state index in [0.717, 1.165) is 0 Å². The molecule has 0 unspecified atom stereocenters. The number of hydrogen-bond donors (Lipinski definition) is 5. The molecule has 3 atom stereocenters. The predicted molar refractivity (Wildman–Crippen MR) is 110 cm³/mol. The standard InChI is InChI=1S/C17H23N7O8.Na/c18-11(16(29)30)3-6-14(27)23-12(4-1-9(25)7-21-19)15(28)24-13(17(31)32)5-2-10(26)8-22-20;/h7-8,11-13H,1-6,18H2,(H,23,27)(H,24,28)(H,29,30)(H,31,32);/t11-,12-,13-;/m0./s1. The minimum Gasteiger partial charge on any atom is -0.480 e. The van der Waals surface area contributed by atoms with Crippen LogP contribution in [0.25, 0.3) is 11.1 Å². The van der Waals surface area contributed by atoms with Crippen LogP contribution in [0, 0.1) is 0 Å². The molecule has 0 bridgehead atoms. The number of rotatable bonds is 16. The van der Waals surface area contributed by atoms with E-state index in [1.807, 2.05) is 0 Å². The first-order chi connectivity index (χ1) is 15.0. The van der Waals surface area contributed by atoms with Crippen LogP contribution in [0.3, 0.4) is 0 Å². The molecule has 0 rings (SSSR count). The third-order valence-corrected chi connectivity index (χ3v) is 4.03. The van der Waals surface area contributed by atoms with E-state index in [0.29, 0.717) is 12.4 Å². The molecule has 0 fully saturated rings. The molecule has 0 aromatic carbocycles. The molecule has 0 aliphatic carbocycles. The Kier molecular flexibility index (Phi) is 17.0. The van der Waals surface area contributed by atoms with Crippen molar-refractivity contribution in [1.82, 2.24) is 10.6 Å². The quantitative estimate of drug-likeness (QED) is 0.0663. The van der Waals surface area contributed by atoms with Crippen molar-refractivity contribution in [2.45, 2.75) is 56.7 Å². The molecule has 0 aliphatic heterocycles. The second kappa shape index (κ2) is 17.5. The topological polar surface area (TPSA) is 266 Å². The second-order valence-corrected chi connectivity index (χ2v) is 6.50. The van der Waals surface area contributed by atoms with E-state index in [4.69, 9.17) is 21.9 Å². The molecular formula is C17H23N7NaO8. The number of aliphatic carboxylic acids is 2. The van der Waals surface area contributed by atoms with Gasteiger partial charge in [-0.05, 0) is 19.3 Å². The average Bonchev–Trinajstić information content (AvgIpc) is 2.72. The van der Waals surface area contributed by atoms with Gasteiger partial charge in [-0.15, -0.1) is 0 Å². The first-order valence-corrected chi connectivity index (χ1v) is 9.23. The fourth-order valence-electron chi connectivity index (χ4n) is 2.31. The molecule has 0 aromatic heterocycles. The van der Waals surface area contributed by atoms with Gasteiger partial charge in [0.1, 0.15) is 18.1 Å². The molecule has 2 amide bonds. The van der Waals surface area contributed by atoms with Crippen LogP contribution >= 0.6 is 0 Å². The molecule has 0 aliphatic rings. The number of carbonyl (C=O) groups excluding carboxylic acids is 4. The minimum absolute atomic E-state index is 0. The van der Waals surface area contributed by atoms with Gasteiger partial charge in [0, 0.05) is 48.8 Å². The summed E-state index contributed by atoms with van der Waals surface area (Å²) in [5, 5.41) is 22.4. The zero-order chi connectivity index (χ0) is 24.7. The number of amides is 2. The maximum atomic E-state index is 12.5. The Hall–Kier alpha value is -3.06. The molecule has 0 saturated heterocycles. The third-order valence-electron chi connectivity index (χ3n) is 4.03. The fourth-order valence-corrected chi connectivity index (χ4v) is 2.31. The van der Waals surface area contributed by atoms with Gasteiger partial charge in [0.05, 0.1) is 0 Å². The van der Waals surface area contributed by atoms with Crippen LogP contribution in [0.2, 0.25) is 0 Å². The molecule has 0 spiro atoms. The van der Waals surface area contributed by atoms with Crippen LogP contribution in [0.15, 0.2) is 0 Å². The van der Waals surface area contributed by atoms with Gasteiger partial charge < -0.3 is 37.6 Å². The summed E-state index contributed by atoms with van der Waals surface area (Å²) in [6.07, 6.45) is -0.807. The largest absolute Gasteiger partial charge is 0.480 e. The monoisotopic (exact) mass is 476 g/mol. The van der Waals surface area contributed by atoms with Crippen LogP contribution in [0.5, 0.6) is 0 Å². The molecule has 0 heterocycles. The molecule has 16 heteroatoms. The number of hydrogen-bond acceptors (Lipinski definition) is 7. The third kappa shape index (κ3) is 14.6. The normalized spacial score (nSPS) is 12.3. The van der Waals surface area contributed by atoms with Crippen molar-refractivity contribution >= 4 is 77.3 Å². The summed E-state index contributed by atoms with van der Waals surface area (Å²) in [6.45, 7) is 0. The van der Waals surface area contributed by atoms with Gasteiger partial charge in [-0.3, -0.25) is 24.0 Å². The number of carboxylic acids is 2. The van der Waals surface area contributed by atoms with Crippen LogP contribution in [-0.2, 0) is 28.8 Å². The van der Waals surface area contributed by atoms with Crippen molar-refractivity contribution in [3.63, 3.8) is 0 Å². The molecule has 0 aromatic rings. The number of carboxylic acid groups (broad SMARTS) is 2. The molecule has 6 N–H and O–H groups in total. The summed E-state index contributed by atoms with van der Waals surface area (Å²) in [7, 11) is 0. The van der Waals surface area contributed by atoms with Crippen molar-refractivity contribution in [3.8, 4) is 0 Å². The minimum atomic E-state index is -1.53. The Bertz CT molecular complexity index is 852. The Morgan fingerprint density at radius 2 is 1.27 bits per heavy atom. The van der Waals surface area contributed by atoms with E-state index in [9.17, 15) is 33.9 Å². The van der Waals surface area contributed by atoms with Crippen molar-refractivity contribution in [3.05, 3.63) is 11.1 Å². The smallest absolute Gasteiger partial charge is 0.326 e. The maximum absolute atomic E-state index is 12.5. The zero-order valence-electron chi connectivity index (χ0n) is 17.8. The number of nitrogens with zero attached hydrogens (tertiary/aromatic N) is 4. The summed E-state index contributed by atoms with van der Waals surface area (Å²) in [5.74, 6) is -5.94. The predicted octanol–water partition coefficient (Wildman–Crippen LogP) is -2.85. The van der Waals surface area contributed by atoms with Gasteiger partial charge in [0.15, 0.2) is 0 Å². The number of ketones is 2. The Labute approximate surface area is 209 Å². The van der Waals surface area contributed by atoms with E-state index in [1.165, 1.54) is 0 Å². The van der Waals surface area contributed by atoms with Crippen molar-refractivity contribution in [2.24, 2.45) is 5.73 Å². The zero-order valence-corrected chi connectivity index (χ0v) is 19.8. The molecular weight excluding hydrogens is 453 g/mol. The summed E-state index contributed by atoms with van der Waals surface area (Å²) >= 11 is 0. The van der Waals surface area contributed by atoms with Crippen LogP contribution in [0.4, 0.5) is 0 Å². The van der Waals surface area contributed by atoms with Crippen LogP contribution in [0.1, 0.15) is 38.5 Å². The van der Waals surface area contributed by atoms with E-state index in [2.05, 4.69) is 20.2 Å². The molecule has 15 nitrogen and oxygen atoms in total. The first kappa shape index (κ1) is 32.1. The van der Waals surface area contributed by atoms with Crippen LogP contribution in [-0.4, -0.2) is 115 Å². The molecule has 0 saturated carbocycles. The van der Waals surface area contributed by atoms with Gasteiger partial charge in [-0.1, -0.05) is 0 Å². The second-order valence-electron chi connectivity index (χ2n) is 6.50. The Morgan fingerprint density at radius 1 is 0.788 bits per heavy atom. The van der Waals surface area contributed by atoms with Gasteiger partial charge in [-0.25, -0.2) is 4.79 Å². The summed E-state index contributed by atoms with van der Waals surface area (Å²) in [4.78, 5) is 74.6. The summed E-state index contributed by atoms with van der Waals surface area (Å²) in [6, 6.07) is -4.24. The van der Waals surface area contributed by atoms with Crippen molar-refractivity contribution < 1.29 is 48.6 Å².